The Kier molecular flexibility index (Phi) is 3.10. The van der Waals surface area contributed by atoms with Crippen molar-refractivity contribution in [1.29, 1.82) is 0 Å². The number of anilines is 2. The van der Waals surface area contributed by atoms with E-state index < -0.39 is 23.1 Å². The summed E-state index contributed by atoms with van der Waals surface area (Å²) in [6, 6.07) is 1.26. The zero-order valence-electron chi connectivity index (χ0n) is 10.7. The molecule has 4 N–H and O–H groups in total. The lowest BCUT2D eigenvalue weighted by Crippen LogP contribution is -2.16. The van der Waals surface area contributed by atoms with Crippen molar-refractivity contribution in [1.82, 2.24) is 15.0 Å². The molecule has 9 heteroatoms. The first-order valence-corrected chi connectivity index (χ1v) is 6.40. The molecule has 2 heterocycles. The van der Waals surface area contributed by atoms with Gasteiger partial charge in [-0.05, 0) is 31.3 Å². The molecule has 110 valence electrons. The summed E-state index contributed by atoms with van der Waals surface area (Å²) in [7, 11) is 0. The van der Waals surface area contributed by atoms with Crippen molar-refractivity contribution in [2.24, 2.45) is 0 Å². The molecule has 0 aliphatic carbocycles. The van der Waals surface area contributed by atoms with Crippen molar-refractivity contribution in [3.8, 4) is 5.69 Å². The van der Waals surface area contributed by atoms with Crippen molar-refractivity contribution in [3.63, 3.8) is 0 Å². The van der Waals surface area contributed by atoms with E-state index in [0.29, 0.717) is 17.4 Å². The van der Waals surface area contributed by atoms with Crippen molar-refractivity contribution in [2.75, 3.05) is 11.2 Å². The van der Waals surface area contributed by atoms with Gasteiger partial charge in [0.1, 0.15) is 11.5 Å². The summed E-state index contributed by atoms with van der Waals surface area (Å²) < 4.78 is 42.0. The van der Waals surface area contributed by atoms with Crippen LogP contribution in [0.2, 0.25) is 0 Å². The first-order chi connectivity index (χ1) is 9.91. The summed E-state index contributed by atoms with van der Waals surface area (Å²) >= 11 is 5.01. The van der Waals surface area contributed by atoms with Crippen LogP contribution in [0.1, 0.15) is 18.5 Å². The Bertz CT molecular complexity index is 804. The maximum atomic E-state index is 14.0. The van der Waals surface area contributed by atoms with Gasteiger partial charge in [0, 0.05) is 0 Å². The largest absolute Gasteiger partial charge is 0.384 e. The number of rotatable bonds is 1. The highest BCUT2D eigenvalue weighted by atomic mass is 32.1. The molecule has 1 aromatic heterocycles. The van der Waals surface area contributed by atoms with Crippen LogP contribution in [-0.4, -0.2) is 9.55 Å². The van der Waals surface area contributed by atoms with E-state index in [-0.39, 0.29) is 16.6 Å². The number of nitrogen functional groups attached to an aromatic ring is 1. The molecular weight excluding hydrogens is 303 g/mol. The van der Waals surface area contributed by atoms with Gasteiger partial charge in [0.25, 0.3) is 0 Å². The number of hydrogen-bond donors (Lipinski definition) is 3. The third-order valence-electron chi connectivity index (χ3n) is 3.25. The quantitative estimate of drug-likeness (QED) is 0.558. The molecule has 0 fully saturated rings. The van der Waals surface area contributed by atoms with Crippen LogP contribution in [0.4, 0.5) is 24.8 Å². The lowest BCUT2D eigenvalue weighted by molar-refractivity contribution is 0.487. The summed E-state index contributed by atoms with van der Waals surface area (Å²) in [6.07, 6.45) is 0. The fraction of sp³-hybridized carbons (Fsp3) is 0.167. The predicted octanol–water partition coefficient (Wildman–Crippen LogP) is 2.59. The van der Waals surface area contributed by atoms with Crippen LogP contribution in [0.5, 0.6) is 0 Å². The molecule has 0 amide bonds. The summed E-state index contributed by atoms with van der Waals surface area (Å²) in [5.41, 5.74) is 11.4. The molecule has 1 unspecified atom stereocenters. The van der Waals surface area contributed by atoms with Gasteiger partial charge < -0.3 is 11.2 Å². The fourth-order valence-corrected chi connectivity index (χ4v) is 2.54. The molecular formula is C12H10F3N5S. The maximum Gasteiger partial charge on any atom is 0.207 e. The van der Waals surface area contributed by atoms with Crippen molar-refractivity contribution in [2.45, 2.75) is 13.0 Å². The molecule has 2 aromatic rings. The SMILES string of the molecule is CC1NNc2nc(=S)n(-c3c(F)ccc(F)c3F)c(N)c21. The van der Waals surface area contributed by atoms with Gasteiger partial charge in [-0.3, -0.25) is 4.57 Å². The van der Waals surface area contributed by atoms with E-state index >= 15 is 0 Å². The van der Waals surface area contributed by atoms with E-state index in [9.17, 15) is 13.2 Å². The zero-order valence-corrected chi connectivity index (χ0v) is 11.6. The maximum absolute atomic E-state index is 14.0. The number of nitrogens with two attached hydrogens (primary N) is 1. The Morgan fingerprint density at radius 1 is 1.29 bits per heavy atom. The molecule has 0 saturated carbocycles. The molecule has 1 atom stereocenters. The zero-order chi connectivity index (χ0) is 15.3. The number of nitrogens with zero attached hydrogens (tertiary/aromatic N) is 2. The molecule has 5 nitrogen and oxygen atoms in total. The molecule has 1 aliphatic heterocycles. The molecule has 1 aliphatic rings. The number of aromatic nitrogens is 2. The van der Waals surface area contributed by atoms with Crippen molar-refractivity contribution < 1.29 is 13.2 Å². The minimum absolute atomic E-state index is 0.00148. The molecule has 3 rings (SSSR count). The van der Waals surface area contributed by atoms with Gasteiger partial charge in [0.2, 0.25) is 4.77 Å². The summed E-state index contributed by atoms with van der Waals surface area (Å²) in [6.45, 7) is 1.78. The lowest BCUT2D eigenvalue weighted by atomic mass is 10.1. The third-order valence-corrected chi connectivity index (χ3v) is 3.53. The van der Waals surface area contributed by atoms with E-state index in [2.05, 4.69) is 15.8 Å². The molecule has 0 bridgehead atoms. The Balaban J connectivity index is 2.38. The van der Waals surface area contributed by atoms with Crippen LogP contribution in [0.25, 0.3) is 5.69 Å². The van der Waals surface area contributed by atoms with E-state index in [1.54, 1.807) is 6.92 Å². The van der Waals surface area contributed by atoms with Gasteiger partial charge in [-0.15, -0.1) is 0 Å². The molecule has 0 saturated heterocycles. The number of nitrogens with one attached hydrogen (secondary N) is 2. The second-order valence-electron chi connectivity index (χ2n) is 4.56. The first kappa shape index (κ1) is 13.8. The third kappa shape index (κ3) is 1.96. The monoisotopic (exact) mass is 313 g/mol. The highest BCUT2D eigenvalue weighted by Gasteiger charge is 2.27. The highest BCUT2D eigenvalue weighted by Crippen LogP contribution is 2.34. The van der Waals surface area contributed by atoms with Crippen LogP contribution >= 0.6 is 12.2 Å². The average Bonchev–Trinajstić information content (AvgIpc) is 2.79. The van der Waals surface area contributed by atoms with Crippen molar-refractivity contribution in [3.05, 3.63) is 39.9 Å². The van der Waals surface area contributed by atoms with Gasteiger partial charge >= 0.3 is 0 Å². The minimum Gasteiger partial charge on any atom is -0.384 e. The topological polar surface area (TPSA) is 67.9 Å². The lowest BCUT2D eigenvalue weighted by Gasteiger charge is -2.16. The second kappa shape index (κ2) is 4.71. The van der Waals surface area contributed by atoms with Gasteiger partial charge in [-0.1, -0.05) is 0 Å². The summed E-state index contributed by atoms with van der Waals surface area (Å²) in [4.78, 5) is 4.02. The standard InChI is InChI=1S/C12H10F3N5S/c1-4-7-10(16)20(12(21)17-11(7)19-18-4)9-6(14)3-2-5(13)8(9)15/h2-4,18H,16H2,1H3,(H,17,19,21). The Morgan fingerprint density at radius 3 is 2.67 bits per heavy atom. The van der Waals surface area contributed by atoms with Gasteiger partial charge in [0.05, 0.1) is 11.6 Å². The number of benzene rings is 1. The molecule has 1 aromatic carbocycles. The average molecular weight is 313 g/mol. The number of halogens is 3. The van der Waals surface area contributed by atoms with E-state index in [1.165, 1.54) is 0 Å². The molecule has 0 spiro atoms. The van der Waals surface area contributed by atoms with E-state index in [1.807, 2.05) is 0 Å². The van der Waals surface area contributed by atoms with Gasteiger partial charge in [-0.25, -0.2) is 23.6 Å². The van der Waals surface area contributed by atoms with Crippen LogP contribution in [0.15, 0.2) is 12.1 Å². The van der Waals surface area contributed by atoms with Crippen LogP contribution in [0.3, 0.4) is 0 Å². The normalized spacial score (nSPS) is 16.7. The Morgan fingerprint density at radius 2 is 1.95 bits per heavy atom. The van der Waals surface area contributed by atoms with Gasteiger partial charge in [-0.2, -0.15) is 0 Å². The number of hydrogen-bond acceptors (Lipinski definition) is 5. The van der Waals surface area contributed by atoms with Crippen molar-refractivity contribution >= 4 is 23.9 Å². The summed E-state index contributed by atoms with van der Waals surface area (Å²) in [5.74, 6) is -3.16. The second-order valence-corrected chi connectivity index (χ2v) is 4.93. The smallest absolute Gasteiger partial charge is 0.207 e. The van der Waals surface area contributed by atoms with E-state index in [4.69, 9.17) is 18.0 Å². The number of fused-ring (bicyclic) bond motifs is 1. The predicted molar refractivity (Wildman–Crippen MR) is 73.9 cm³/mol. The van der Waals surface area contributed by atoms with Crippen LogP contribution in [0, 0.1) is 22.2 Å². The fourth-order valence-electron chi connectivity index (χ4n) is 2.26. The van der Waals surface area contributed by atoms with Crippen LogP contribution < -0.4 is 16.6 Å². The molecule has 21 heavy (non-hydrogen) atoms. The summed E-state index contributed by atoms with van der Waals surface area (Å²) in [5, 5.41) is 0. The van der Waals surface area contributed by atoms with E-state index in [0.717, 1.165) is 10.6 Å². The Hall–Kier alpha value is -2.13. The Labute approximate surface area is 122 Å². The minimum atomic E-state index is -1.37. The highest BCUT2D eigenvalue weighted by molar-refractivity contribution is 7.71. The molecule has 0 radical (unpaired) electrons. The van der Waals surface area contributed by atoms with Crippen LogP contribution in [-0.2, 0) is 0 Å². The first-order valence-electron chi connectivity index (χ1n) is 5.99. The van der Waals surface area contributed by atoms with Gasteiger partial charge in [0.15, 0.2) is 23.3 Å². The number of hydrazine groups is 1.